The van der Waals surface area contributed by atoms with E-state index in [0.29, 0.717) is 5.92 Å². The van der Waals surface area contributed by atoms with Gasteiger partial charge in [-0.25, -0.2) is 0 Å². The maximum absolute atomic E-state index is 4.67. The summed E-state index contributed by atoms with van der Waals surface area (Å²) in [5.74, 6) is 0.511. The van der Waals surface area contributed by atoms with Crippen LogP contribution in [0.2, 0.25) is 0 Å². The van der Waals surface area contributed by atoms with Crippen molar-refractivity contribution in [3.05, 3.63) is 29.1 Å². The largest absolute Gasteiger partial charge is 0.304 e. The first-order chi connectivity index (χ1) is 6.50. The number of nitrogens with zero attached hydrogens (tertiary/aromatic N) is 2. The summed E-state index contributed by atoms with van der Waals surface area (Å²) >= 11 is 0. The standard InChI is InChI=1S/C12H20N2/c1-9(2)12-10(3)6-7-11(13-12)8-14(4)5/h6-7,9H,8H2,1-5H3. The van der Waals surface area contributed by atoms with E-state index in [-0.39, 0.29) is 0 Å². The quantitative estimate of drug-likeness (QED) is 0.731. The summed E-state index contributed by atoms with van der Waals surface area (Å²) in [6, 6.07) is 4.28. The van der Waals surface area contributed by atoms with Crippen molar-refractivity contribution < 1.29 is 0 Å². The molecule has 14 heavy (non-hydrogen) atoms. The van der Waals surface area contributed by atoms with Gasteiger partial charge in [-0.3, -0.25) is 4.98 Å². The maximum Gasteiger partial charge on any atom is 0.0547 e. The highest BCUT2D eigenvalue weighted by Gasteiger charge is 2.06. The van der Waals surface area contributed by atoms with Crippen LogP contribution in [-0.4, -0.2) is 24.0 Å². The topological polar surface area (TPSA) is 16.1 Å². The Morgan fingerprint density at radius 1 is 1.29 bits per heavy atom. The summed E-state index contributed by atoms with van der Waals surface area (Å²) in [5.41, 5.74) is 3.68. The predicted molar refractivity (Wildman–Crippen MR) is 60.5 cm³/mol. The molecule has 2 nitrogen and oxygen atoms in total. The summed E-state index contributed by atoms with van der Waals surface area (Å²) in [5, 5.41) is 0. The van der Waals surface area contributed by atoms with Gasteiger partial charge >= 0.3 is 0 Å². The van der Waals surface area contributed by atoms with Gasteiger partial charge in [-0.05, 0) is 38.6 Å². The van der Waals surface area contributed by atoms with Crippen LogP contribution in [-0.2, 0) is 6.54 Å². The normalized spacial score (nSPS) is 11.4. The second-order valence-electron chi connectivity index (χ2n) is 4.40. The van der Waals surface area contributed by atoms with Crippen LogP contribution in [0.1, 0.15) is 36.7 Å². The fraction of sp³-hybridized carbons (Fsp3) is 0.583. The van der Waals surface area contributed by atoms with Gasteiger partial charge in [0.05, 0.1) is 5.69 Å². The zero-order chi connectivity index (χ0) is 10.7. The molecular weight excluding hydrogens is 172 g/mol. The van der Waals surface area contributed by atoms with Gasteiger partial charge in [0.1, 0.15) is 0 Å². The summed E-state index contributed by atoms with van der Waals surface area (Å²) < 4.78 is 0. The Bertz CT molecular complexity index is 303. The lowest BCUT2D eigenvalue weighted by molar-refractivity contribution is 0.396. The lowest BCUT2D eigenvalue weighted by Crippen LogP contribution is -2.13. The van der Waals surface area contributed by atoms with E-state index in [9.17, 15) is 0 Å². The van der Waals surface area contributed by atoms with Crippen LogP contribution < -0.4 is 0 Å². The lowest BCUT2D eigenvalue weighted by atomic mass is 10.0. The van der Waals surface area contributed by atoms with Crippen LogP contribution in [0.15, 0.2) is 12.1 Å². The van der Waals surface area contributed by atoms with E-state index in [1.807, 2.05) is 0 Å². The van der Waals surface area contributed by atoms with Crippen molar-refractivity contribution in [2.45, 2.75) is 33.2 Å². The molecule has 78 valence electrons. The smallest absolute Gasteiger partial charge is 0.0547 e. The molecule has 0 aromatic carbocycles. The Morgan fingerprint density at radius 2 is 1.93 bits per heavy atom. The molecule has 0 aliphatic carbocycles. The average molecular weight is 192 g/mol. The summed E-state index contributed by atoms with van der Waals surface area (Å²) in [6.07, 6.45) is 0. The molecule has 0 aliphatic heterocycles. The van der Waals surface area contributed by atoms with Crippen molar-refractivity contribution in [1.29, 1.82) is 0 Å². The van der Waals surface area contributed by atoms with E-state index in [2.05, 4.69) is 56.9 Å². The molecule has 0 saturated carbocycles. The Labute approximate surface area is 87.0 Å². The van der Waals surface area contributed by atoms with E-state index in [1.54, 1.807) is 0 Å². The minimum atomic E-state index is 0.511. The number of hydrogen-bond donors (Lipinski definition) is 0. The molecule has 0 atom stereocenters. The third-order valence-corrected chi connectivity index (χ3v) is 2.22. The van der Waals surface area contributed by atoms with Crippen molar-refractivity contribution in [3.63, 3.8) is 0 Å². The Hall–Kier alpha value is -0.890. The molecule has 0 unspecified atom stereocenters. The minimum absolute atomic E-state index is 0.511. The Kier molecular flexibility index (Phi) is 3.64. The van der Waals surface area contributed by atoms with Crippen molar-refractivity contribution >= 4 is 0 Å². The molecule has 0 amide bonds. The van der Waals surface area contributed by atoms with Crippen molar-refractivity contribution in [1.82, 2.24) is 9.88 Å². The predicted octanol–water partition coefficient (Wildman–Crippen LogP) is 2.58. The number of aryl methyl sites for hydroxylation is 1. The lowest BCUT2D eigenvalue weighted by Gasteiger charge is -2.13. The van der Waals surface area contributed by atoms with E-state index in [4.69, 9.17) is 0 Å². The van der Waals surface area contributed by atoms with Gasteiger partial charge in [-0.15, -0.1) is 0 Å². The molecule has 1 aromatic rings. The van der Waals surface area contributed by atoms with Crippen molar-refractivity contribution in [2.24, 2.45) is 0 Å². The molecule has 1 rings (SSSR count). The molecule has 0 spiro atoms. The van der Waals surface area contributed by atoms with Crippen molar-refractivity contribution in [2.75, 3.05) is 14.1 Å². The van der Waals surface area contributed by atoms with Gasteiger partial charge in [0.2, 0.25) is 0 Å². The van der Waals surface area contributed by atoms with E-state index in [1.165, 1.54) is 11.3 Å². The van der Waals surface area contributed by atoms with Crippen LogP contribution >= 0.6 is 0 Å². The summed E-state index contributed by atoms with van der Waals surface area (Å²) in [6.45, 7) is 7.42. The number of rotatable bonds is 3. The van der Waals surface area contributed by atoms with Gasteiger partial charge in [0, 0.05) is 12.2 Å². The number of aromatic nitrogens is 1. The van der Waals surface area contributed by atoms with Gasteiger partial charge in [0.15, 0.2) is 0 Å². The molecule has 0 saturated heterocycles. The zero-order valence-corrected chi connectivity index (χ0v) is 9.83. The highest BCUT2D eigenvalue weighted by atomic mass is 15.1. The van der Waals surface area contributed by atoms with Crippen LogP contribution in [0, 0.1) is 6.92 Å². The third-order valence-electron chi connectivity index (χ3n) is 2.22. The van der Waals surface area contributed by atoms with Crippen molar-refractivity contribution in [3.8, 4) is 0 Å². The number of hydrogen-bond acceptors (Lipinski definition) is 2. The highest BCUT2D eigenvalue weighted by molar-refractivity contribution is 5.23. The van der Waals surface area contributed by atoms with E-state index >= 15 is 0 Å². The first kappa shape index (κ1) is 11.2. The Morgan fingerprint density at radius 3 is 2.43 bits per heavy atom. The molecule has 0 radical (unpaired) electrons. The first-order valence-corrected chi connectivity index (χ1v) is 5.12. The third kappa shape index (κ3) is 2.81. The Balaban J connectivity index is 2.94. The maximum atomic E-state index is 4.67. The van der Waals surface area contributed by atoms with E-state index < -0.39 is 0 Å². The summed E-state index contributed by atoms with van der Waals surface area (Å²) in [4.78, 5) is 6.81. The summed E-state index contributed by atoms with van der Waals surface area (Å²) in [7, 11) is 4.13. The van der Waals surface area contributed by atoms with Crippen LogP contribution in [0.3, 0.4) is 0 Å². The fourth-order valence-corrected chi connectivity index (χ4v) is 1.58. The van der Waals surface area contributed by atoms with Crippen LogP contribution in [0.5, 0.6) is 0 Å². The molecule has 0 fully saturated rings. The van der Waals surface area contributed by atoms with Crippen LogP contribution in [0.4, 0.5) is 0 Å². The molecular formula is C12H20N2. The molecule has 0 N–H and O–H groups in total. The second-order valence-corrected chi connectivity index (χ2v) is 4.40. The molecule has 0 aliphatic rings. The minimum Gasteiger partial charge on any atom is -0.304 e. The highest BCUT2D eigenvalue weighted by Crippen LogP contribution is 2.17. The first-order valence-electron chi connectivity index (χ1n) is 5.12. The van der Waals surface area contributed by atoms with Gasteiger partial charge in [-0.1, -0.05) is 19.9 Å². The second kappa shape index (κ2) is 4.56. The molecule has 2 heteroatoms. The average Bonchev–Trinajstić information content (AvgIpc) is 2.07. The van der Waals surface area contributed by atoms with Gasteiger partial charge in [0.25, 0.3) is 0 Å². The fourth-order valence-electron chi connectivity index (χ4n) is 1.58. The van der Waals surface area contributed by atoms with Crippen LogP contribution in [0.25, 0.3) is 0 Å². The monoisotopic (exact) mass is 192 g/mol. The SMILES string of the molecule is Cc1ccc(CN(C)C)nc1C(C)C. The van der Waals surface area contributed by atoms with Gasteiger partial charge < -0.3 is 4.90 Å². The van der Waals surface area contributed by atoms with Gasteiger partial charge in [-0.2, -0.15) is 0 Å². The zero-order valence-electron chi connectivity index (χ0n) is 9.83. The molecule has 0 bridgehead atoms. The van der Waals surface area contributed by atoms with E-state index in [0.717, 1.165) is 12.2 Å². The molecule has 1 heterocycles. The number of pyridine rings is 1. The molecule has 1 aromatic heterocycles.